The van der Waals surface area contributed by atoms with Gasteiger partial charge in [0.15, 0.2) is 0 Å². The third-order valence-corrected chi connectivity index (χ3v) is 5.49. The summed E-state index contributed by atoms with van der Waals surface area (Å²) in [6.07, 6.45) is 12.1. The predicted octanol–water partition coefficient (Wildman–Crippen LogP) is 4.14. The van der Waals surface area contributed by atoms with Gasteiger partial charge in [-0.1, -0.05) is 26.7 Å². The van der Waals surface area contributed by atoms with Crippen molar-refractivity contribution in [2.24, 2.45) is 11.8 Å². The minimum absolute atomic E-state index is 0.214. The fourth-order valence-electron chi connectivity index (χ4n) is 4.05. The molecule has 0 bridgehead atoms. The Morgan fingerprint density at radius 1 is 1.26 bits per heavy atom. The standard InChI is InChI=1S/C17H33NO/c1-4-11-18-16(13-17(19-3)9-6-10-17)15-8-5-7-14(2)12-15/h14-16,18H,4-13H2,1-3H3. The summed E-state index contributed by atoms with van der Waals surface area (Å²) in [7, 11) is 1.92. The zero-order valence-corrected chi connectivity index (χ0v) is 13.2. The lowest BCUT2D eigenvalue weighted by molar-refractivity contribution is -0.0883. The summed E-state index contributed by atoms with van der Waals surface area (Å²) in [6.45, 7) is 5.86. The number of ether oxygens (including phenoxy) is 1. The largest absolute Gasteiger partial charge is 0.378 e. The Bertz CT molecular complexity index is 256. The van der Waals surface area contributed by atoms with E-state index >= 15 is 0 Å². The van der Waals surface area contributed by atoms with Crippen LogP contribution in [0.15, 0.2) is 0 Å². The van der Waals surface area contributed by atoms with Gasteiger partial charge in [0.25, 0.3) is 0 Å². The Hall–Kier alpha value is -0.0800. The van der Waals surface area contributed by atoms with Crippen molar-refractivity contribution in [1.82, 2.24) is 5.32 Å². The van der Waals surface area contributed by atoms with Crippen molar-refractivity contribution < 1.29 is 4.74 Å². The number of hydrogen-bond acceptors (Lipinski definition) is 2. The molecule has 1 N–H and O–H groups in total. The van der Waals surface area contributed by atoms with Crippen LogP contribution in [-0.2, 0) is 4.74 Å². The molecule has 2 heteroatoms. The molecule has 2 nitrogen and oxygen atoms in total. The molecule has 2 rings (SSSR count). The molecule has 0 radical (unpaired) electrons. The second-order valence-corrected chi connectivity index (χ2v) is 7.04. The van der Waals surface area contributed by atoms with Crippen LogP contribution in [0.1, 0.15) is 71.6 Å². The summed E-state index contributed by atoms with van der Waals surface area (Å²) in [5, 5.41) is 3.84. The molecule has 2 aliphatic carbocycles. The Kier molecular flexibility index (Phi) is 5.70. The lowest BCUT2D eigenvalue weighted by atomic mass is 9.70. The van der Waals surface area contributed by atoms with Gasteiger partial charge in [-0.15, -0.1) is 0 Å². The quantitative estimate of drug-likeness (QED) is 0.748. The van der Waals surface area contributed by atoms with Gasteiger partial charge in [0, 0.05) is 13.2 Å². The first kappa shape index (κ1) is 15.3. The summed E-state index contributed by atoms with van der Waals surface area (Å²) < 4.78 is 5.86. The van der Waals surface area contributed by atoms with E-state index < -0.39 is 0 Å². The molecule has 19 heavy (non-hydrogen) atoms. The maximum Gasteiger partial charge on any atom is 0.0693 e. The van der Waals surface area contributed by atoms with Gasteiger partial charge in [0.1, 0.15) is 0 Å². The zero-order chi connectivity index (χ0) is 13.7. The molecule has 3 atom stereocenters. The van der Waals surface area contributed by atoms with Gasteiger partial charge < -0.3 is 10.1 Å². The van der Waals surface area contributed by atoms with Gasteiger partial charge in [-0.25, -0.2) is 0 Å². The Morgan fingerprint density at radius 2 is 2.05 bits per heavy atom. The number of methoxy groups -OCH3 is 1. The summed E-state index contributed by atoms with van der Waals surface area (Å²) in [4.78, 5) is 0. The molecule has 0 saturated heterocycles. The van der Waals surface area contributed by atoms with Crippen molar-refractivity contribution in [2.75, 3.05) is 13.7 Å². The van der Waals surface area contributed by atoms with Gasteiger partial charge in [-0.2, -0.15) is 0 Å². The van der Waals surface area contributed by atoms with Crippen molar-refractivity contribution in [3.63, 3.8) is 0 Å². The van der Waals surface area contributed by atoms with Crippen molar-refractivity contribution in [3.05, 3.63) is 0 Å². The molecular weight excluding hydrogens is 234 g/mol. The van der Waals surface area contributed by atoms with Gasteiger partial charge in [0.2, 0.25) is 0 Å². The first-order valence-corrected chi connectivity index (χ1v) is 8.47. The highest BCUT2D eigenvalue weighted by Gasteiger charge is 2.41. The molecule has 3 unspecified atom stereocenters. The van der Waals surface area contributed by atoms with Crippen LogP contribution in [-0.4, -0.2) is 25.3 Å². The Labute approximate surface area is 119 Å². The van der Waals surface area contributed by atoms with Crippen molar-refractivity contribution in [1.29, 1.82) is 0 Å². The molecule has 0 aromatic rings. The van der Waals surface area contributed by atoms with E-state index in [0.29, 0.717) is 6.04 Å². The van der Waals surface area contributed by atoms with Gasteiger partial charge in [-0.05, 0) is 63.3 Å². The van der Waals surface area contributed by atoms with Gasteiger partial charge >= 0.3 is 0 Å². The summed E-state index contributed by atoms with van der Waals surface area (Å²) in [6, 6.07) is 0.683. The first-order chi connectivity index (χ1) is 9.19. The second kappa shape index (κ2) is 7.08. The molecule has 2 saturated carbocycles. The number of nitrogens with one attached hydrogen (secondary N) is 1. The smallest absolute Gasteiger partial charge is 0.0693 e. The topological polar surface area (TPSA) is 21.3 Å². The van der Waals surface area contributed by atoms with Crippen LogP contribution in [0.2, 0.25) is 0 Å². The van der Waals surface area contributed by atoms with Crippen LogP contribution in [0.3, 0.4) is 0 Å². The molecular formula is C17H33NO. The normalized spacial score (nSPS) is 31.7. The van der Waals surface area contributed by atoms with Crippen LogP contribution in [0.5, 0.6) is 0 Å². The summed E-state index contributed by atoms with van der Waals surface area (Å²) in [5.41, 5.74) is 0.214. The molecule has 0 spiro atoms. The molecule has 0 aromatic heterocycles. The maximum absolute atomic E-state index is 5.86. The molecule has 0 aromatic carbocycles. The predicted molar refractivity (Wildman–Crippen MR) is 81.4 cm³/mol. The average Bonchev–Trinajstić information content (AvgIpc) is 2.37. The Morgan fingerprint density at radius 3 is 2.58 bits per heavy atom. The third-order valence-electron chi connectivity index (χ3n) is 5.49. The third kappa shape index (κ3) is 3.95. The van der Waals surface area contributed by atoms with Crippen LogP contribution in [0, 0.1) is 11.8 Å². The van der Waals surface area contributed by atoms with Crippen molar-refractivity contribution in [3.8, 4) is 0 Å². The van der Waals surface area contributed by atoms with Crippen LogP contribution < -0.4 is 5.32 Å². The van der Waals surface area contributed by atoms with E-state index in [4.69, 9.17) is 4.74 Å². The molecule has 112 valence electrons. The lowest BCUT2D eigenvalue weighted by Gasteiger charge is -2.45. The average molecular weight is 267 g/mol. The van der Waals surface area contributed by atoms with Gasteiger partial charge in [-0.3, -0.25) is 0 Å². The van der Waals surface area contributed by atoms with Gasteiger partial charge in [0.05, 0.1) is 5.60 Å². The molecule has 0 heterocycles. The number of hydrogen-bond donors (Lipinski definition) is 1. The first-order valence-electron chi connectivity index (χ1n) is 8.47. The van der Waals surface area contributed by atoms with E-state index in [1.807, 2.05) is 7.11 Å². The fraction of sp³-hybridized carbons (Fsp3) is 1.00. The highest BCUT2D eigenvalue weighted by molar-refractivity contribution is 4.95. The van der Waals surface area contributed by atoms with E-state index in [1.165, 1.54) is 57.8 Å². The monoisotopic (exact) mass is 267 g/mol. The van der Waals surface area contributed by atoms with Crippen LogP contribution in [0.4, 0.5) is 0 Å². The van der Waals surface area contributed by atoms with E-state index in [1.54, 1.807) is 0 Å². The van der Waals surface area contributed by atoms with Crippen LogP contribution >= 0.6 is 0 Å². The minimum atomic E-state index is 0.214. The summed E-state index contributed by atoms with van der Waals surface area (Å²) in [5.74, 6) is 1.80. The maximum atomic E-state index is 5.86. The van der Waals surface area contributed by atoms with Crippen molar-refractivity contribution in [2.45, 2.75) is 83.3 Å². The summed E-state index contributed by atoms with van der Waals surface area (Å²) >= 11 is 0. The molecule has 0 amide bonds. The second-order valence-electron chi connectivity index (χ2n) is 7.04. The molecule has 0 aliphatic heterocycles. The fourth-order valence-corrected chi connectivity index (χ4v) is 4.05. The van der Waals surface area contributed by atoms with Crippen LogP contribution in [0.25, 0.3) is 0 Å². The van der Waals surface area contributed by atoms with Crippen molar-refractivity contribution >= 4 is 0 Å². The van der Waals surface area contributed by atoms with E-state index in [0.717, 1.165) is 18.4 Å². The SMILES string of the molecule is CCCNC(CC1(OC)CCC1)C1CCCC(C)C1. The number of rotatable bonds is 7. The zero-order valence-electron chi connectivity index (χ0n) is 13.2. The highest BCUT2D eigenvalue weighted by atomic mass is 16.5. The lowest BCUT2D eigenvalue weighted by Crippen LogP contribution is -2.49. The molecule has 2 aliphatic rings. The Balaban J connectivity index is 1.94. The highest BCUT2D eigenvalue weighted by Crippen LogP contribution is 2.42. The van der Waals surface area contributed by atoms with E-state index in [-0.39, 0.29) is 5.60 Å². The van der Waals surface area contributed by atoms with E-state index in [2.05, 4.69) is 19.2 Å². The minimum Gasteiger partial charge on any atom is -0.378 e. The van der Waals surface area contributed by atoms with E-state index in [9.17, 15) is 0 Å². The molecule has 2 fully saturated rings.